The summed E-state index contributed by atoms with van der Waals surface area (Å²) in [5.41, 5.74) is 0. The second-order valence-corrected chi connectivity index (χ2v) is 3.49. The highest BCUT2D eigenvalue weighted by Gasteiger charge is 2.04. The van der Waals surface area contributed by atoms with Gasteiger partial charge in [0.15, 0.2) is 0 Å². The van der Waals surface area contributed by atoms with Gasteiger partial charge in [-0.15, -0.1) is 0 Å². The minimum Gasteiger partial charge on any atom is -0.304 e. The van der Waals surface area contributed by atoms with Crippen molar-refractivity contribution >= 4 is 22.6 Å². The van der Waals surface area contributed by atoms with Gasteiger partial charge in [0.2, 0.25) is 0 Å². The zero-order valence-electron chi connectivity index (χ0n) is 7.73. The molecule has 3 heteroatoms. The number of likely N-dealkylation sites (N-methyl/N-ethyl adjacent to an activating group) is 1. The molecule has 0 radical (unpaired) electrons. The first-order valence-electron chi connectivity index (χ1n) is 4.26. The summed E-state index contributed by atoms with van der Waals surface area (Å²) in [4.78, 5) is 2.43. The first kappa shape index (κ1) is 11.6. The summed E-state index contributed by atoms with van der Waals surface area (Å²) in [6.45, 7) is 10.1. The van der Waals surface area contributed by atoms with Crippen LogP contribution in [0.1, 0.15) is 20.8 Å². The Labute approximate surface area is 83.9 Å². The van der Waals surface area contributed by atoms with E-state index in [1.807, 2.05) is 0 Å². The fraction of sp³-hybridized carbons (Fsp3) is 1.00. The lowest BCUT2D eigenvalue weighted by atomic mass is 10.3. The number of hydrogen-bond acceptors (Lipinski definition) is 2. The van der Waals surface area contributed by atoms with E-state index in [1.165, 1.54) is 0 Å². The first-order chi connectivity index (χ1) is 5.24. The molecule has 0 spiro atoms. The zero-order valence-corrected chi connectivity index (χ0v) is 9.89. The number of nitrogens with zero attached hydrogens (tertiary/aromatic N) is 1. The highest BCUT2D eigenvalue weighted by Crippen LogP contribution is 1.91. The van der Waals surface area contributed by atoms with Crippen LogP contribution >= 0.6 is 22.6 Å². The molecule has 0 aliphatic rings. The molecular weight excluding hydrogens is 251 g/mol. The second-order valence-electron chi connectivity index (χ2n) is 2.72. The van der Waals surface area contributed by atoms with E-state index >= 15 is 0 Å². The number of halogens is 1. The second kappa shape index (κ2) is 7.31. The summed E-state index contributed by atoms with van der Waals surface area (Å²) in [7, 11) is 0. The smallest absolute Gasteiger partial charge is 0.0482 e. The van der Waals surface area contributed by atoms with Crippen molar-refractivity contribution in [3.63, 3.8) is 0 Å². The summed E-state index contributed by atoms with van der Waals surface area (Å²) < 4.78 is 1.04. The first-order valence-corrected chi connectivity index (χ1v) is 5.78. The number of alkyl halides is 1. The summed E-state index contributed by atoms with van der Waals surface area (Å²) in [6.07, 6.45) is 0. The average Bonchev–Trinajstić information content (AvgIpc) is 2.01. The topological polar surface area (TPSA) is 15.3 Å². The SMILES string of the molecule is CCN(CC)CC(C)NCI. The fourth-order valence-electron chi connectivity index (χ4n) is 1.07. The van der Waals surface area contributed by atoms with E-state index in [2.05, 4.69) is 53.6 Å². The molecule has 0 aliphatic heterocycles. The minimum absolute atomic E-state index is 0.617. The van der Waals surface area contributed by atoms with Gasteiger partial charge in [-0.1, -0.05) is 36.4 Å². The Morgan fingerprint density at radius 3 is 2.27 bits per heavy atom. The molecule has 0 heterocycles. The normalized spacial score (nSPS) is 13.9. The lowest BCUT2D eigenvalue weighted by Gasteiger charge is -2.22. The molecule has 0 saturated heterocycles. The maximum Gasteiger partial charge on any atom is 0.0482 e. The molecule has 0 aromatic carbocycles. The highest BCUT2D eigenvalue weighted by atomic mass is 127. The molecule has 0 rings (SSSR count). The molecule has 0 aromatic heterocycles. The van der Waals surface area contributed by atoms with Crippen molar-refractivity contribution in [2.75, 3.05) is 24.2 Å². The summed E-state index contributed by atoms with van der Waals surface area (Å²) in [5.74, 6) is 0. The predicted molar refractivity (Wildman–Crippen MR) is 59.3 cm³/mol. The highest BCUT2D eigenvalue weighted by molar-refractivity contribution is 14.1. The number of rotatable bonds is 6. The molecule has 68 valence electrons. The molecule has 2 nitrogen and oxygen atoms in total. The van der Waals surface area contributed by atoms with E-state index in [4.69, 9.17) is 0 Å². The van der Waals surface area contributed by atoms with Gasteiger partial charge in [0.05, 0.1) is 0 Å². The van der Waals surface area contributed by atoms with Crippen LogP contribution in [0.5, 0.6) is 0 Å². The summed E-state index contributed by atoms with van der Waals surface area (Å²) >= 11 is 2.34. The summed E-state index contributed by atoms with van der Waals surface area (Å²) in [5, 5.41) is 3.39. The van der Waals surface area contributed by atoms with Gasteiger partial charge in [0.25, 0.3) is 0 Å². The molecule has 0 aromatic rings. The Morgan fingerprint density at radius 2 is 1.91 bits per heavy atom. The van der Waals surface area contributed by atoms with Crippen molar-refractivity contribution in [1.29, 1.82) is 0 Å². The molecule has 0 saturated carbocycles. The van der Waals surface area contributed by atoms with Gasteiger partial charge in [0, 0.05) is 17.1 Å². The molecule has 0 amide bonds. The third kappa shape index (κ3) is 5.87. The van der Waals surface area contributed by atoms with Crippen LogP contribution in [0.15, 0.2) is 0 Å². The molecule has 0 fully saturated rings. The maximum absolute atomic E-state index is 3.39. The van der Waals surface area contributed by atoms with E-state index in [0.29, 0.717) is 6.04 Å². The number of nitrogens with one attached hydrogen (secondary N) is 1. The quantitative estimate of drug-likeness (QED) is 0.449. The van der Waals surface area contributed by atoms with Crippen molar-refractivity contribution < 1.29 is 0 Å². The van der Waals surface area contributed by atoms with Gasteiger partial charge >= 0.3 is 0 Å². The van der Waals surface area contributed by atoms with Crippen molar-refractivity contribution in [2.45, 2.75) is 26.8 Å². The van der Waals surface area contributed by atoms with E-state index in [-0.39, 0.29) is 0 Å². The lowest BCUT2D eigenvalue weighted by Crippen LogP contribution is -2.38. The van der Waals surface area contributed by atoms with Crippen LogP contribution in [0.2, 0.25) is 0 Å². The van der Waals surface area contributed by atoms with E-state index in [1.54, 1.807) is 0 Å². The Kier molecular flexibility index (Phi) is 7.74. The van der Waals surface area contributed by atoms with Crippen LogP contribution in [-0.4, -0.2) is 35.1 Å². The van der Waals surface area contributed by atoms with Crippen molar-refractivity contribution in [2.24, 2.45) is 0 Å². The Bertz CT molecular complexity index is 84.2. The predicted octanol–water partition coefficient (Wildman–Crippen LogP) is 1.70. The molecule has 1 N–H and O–H groups in total. The fourth-order valence-corrected chi connectivity index (χ4v) is 1.82. The molecule has 0 bridgehead atoms. The largest absolute Gasteiger partial charge is 0.304 e. The van der Waals surface area contributed by atoms with Gasteiger partial charge in [-0.05, 0) is 20.0 Å². The zero-order chi connectivity index (χ0) is 8.69. The number of hydrogen-bond donors (Lipinski definition) is 1. The lowest BCUT2D eigenvalue weighted by molar-refractivity contribution is 0.276. The minimum atomic E-state index is 0.617. The van der Waals surface area contributed by atoms with Gasteiger partial charge in [-0.2, -0.15) is 0 Å². The third-order valence-electron chi connectivity index (χ3n) is 1.85. The molecular formula is C8H19IN2. The van der Waals surface area contributed by atoms with E-state index < -0.39 is 0 Å². The van der Waals surface area contributed by atoms with Crippen LogP contribution in [0, 0.1) is 0 Å². The standard InChI is InChI=1S/C8H19IN2/c1-4-11(5-2)6-8(3)10-7-9/h8,10H,4-7H2,1-3H3. The monoisotopic (exact) mass is 270 g/mol. The molecule has 1 atom stereocenters. The van der Waals surface area contributed by atoms with E-state index in [0.717, 1.165) is 24.2 Å². The van der Waals surface area contributed by atoms with Gasteiger partial charge < -0.3 is 10.2 Å². The Hall–Kier alpha value is 0.650. The Morgan fingerprint density at radius 1 is 1.36 bits per heavy atom. The third-order valence-corrected chi connectivity index (χ3v) is 2.29. The van der Waals surface area contributed by atoms with Crippen LogP contribution in [0.25, 0.3) is 0 Å². The maximum atomic E-state index is 3.39. The van der Waals surface area contributed by atoms with Gasteiger partial charge in [-0.3, -0.25) is 0 Å². The van der Waals surface area contributed by atoms with Gasteiger partial charge in [0.1, 0.15) is 0 Å². The van der Waals surface area contributed by atoms with Crippen LogP contribution in [0.3, 0.4) is 0 Å². The Balaban J connectivity index is 3.44. The van der Waals surface area contributed by atoms with Crippen LogP contribution < -0.4 is 5.32 Å². The van der Waals surface area contributed by atoms with Crippen molar-refractivity contribution in [1.82, 2.24) is 10.2 Å². The molecule has 0 aliphatic carbocycles. The van der Waals surface area contributed by atoms with Crippen LogP contribution in [0.4, 0.5) is 0 Å². The van der Waals surface area contributed by atoms with Crippen molar-refractivity contribution in [3.05, 3.63) is 0 Å². The molecule has 1 unspecified atom stereocenters. The summed E-state index contributed by atoms with van der Waals surface area (Å²) in [6, 6.07) is 0.617. The van der Waals surface area contributed by atoms with Gasteiger partial charge in [-0.25, -0.2) is 0 Å². The van der Waals surface area contributed by atoms with Crippen molar-refractivity contribution in [3.8, 4) is 0 Å². The van der Waals surface area contributed by atoms with Crippen LogP contribution in [-0.2, 0) is 0 Å². The molecule has 11 heavy (non-hydrogen) atoms. The van der Waals surface area contributed by atoms with E-state index in [9.17, 15) is 0 Å². The average molecular weight is 270 g/mol.